The molecule has 1 N–H and O–H groups in total. The summed E-state index contributed by atoms with van der Waals surface area (Å²) < 4.78 is 0. The summed E-state index contributed by atoms with van der Waals surface area (Å²) in [4.78, 5) is 13.9. The summed E-state index contributed by atoms with van der Waals surface area (Å²) in [6.45, 7) is 6.65. The van der Waals surface area contributed by atoms with Crippen molar-refractivity contribution in [2.24, 2.45) is 11.8 Å². The van der Waals surface area contributed by atoms with Gasteiger partial charge in [-0.05, 0) is 54.7 Å². The van der Waals surface area contributed by atoms with Crippen LogP contribution in [0.3, 0.4) is 0 Å². The minimum atomic E-state index is -0.792. The summed E-state index contributed by atoms with van der Waals surface area (Å²) in [5, 5.41) is 9.31. The predicted octanol–water partition coefficient (Wildman–Crippen LogP) is 3.57. The van der Waals surface area contributed by atoms with Crippen LogP contribution in [0, 0.1) is 11.8 Å². The van der Waals surface area contributed by atoms with Gasteiger partial charge >= 0.3 is 5.97 Å². The number of benzene rings is 1. The maximum Gasteiger partial charge on any atom is 0.335 e. The first-order chi connectivity index (χ1) is 10.1. The van der Waals surface area contributed by atoms with E-state index >= 15 is 0 Å². The molecule has 3 nitrogen and oxygen atoms in total. The number of hydrogen-bond donors (Lipinski definition) is 1. The Hall–Kier alpha value is -1.35. The Labute approximate surface area is 127 Å². The fourth-order valence-electron chi connectivity index (χ4n) is 4.31. The highest BCUT2D eigenvalue weighted by Gasteiger charge is 2.32. The standard InChI is InChI=1S/C18H25NO2/c1-12-6-7-17(13(2)10-12)19-9-8-15-14(11-19)4-3-5-16(15)18(20)21/h3-5,12-13,17H,6-11H2,1-2H3,(H,20,21). The first-order valence-electron chi connectivity index (χ1n) is 8.14. The normalized spacial score (nSPS) is 29.9. The second-order valence-corrected chi connectivity index (χ2v) is 6.93. The van der Waals surface area contributed by atoms with Crippen LogP contribution >= 0.6 is 0 Å². The third-order valence-electron chi connectivity index (χ3n) is 5.38. The minimum absolute atomic E-state index is 0.498. The van der Waals surface area contributed by atoms with Gasteiger partial charge in [0.2, 0.25) is 0 Å². The van der Waals surface area contributed by atoms with E-state index in [0.717, 1.165) is 36.9 Å². The predicted molar refractivity (Wildman–Crippen MR) is 83.5 cm³/mol. The molecule has 0 bridgehead atoms. The third-order valence-corrected chi connectivity index (χ3v) is 5.38. The highest BCUT2D eigenvalue weighted by molar-refractivity contribution is 5.89. The van der Waals surface area contributed by atoms with Gasteiger partial charge in [-0.25, -0.2) is 4.79 Å². The van der Waals surface area contributed by atoms with Gasteiger partial charge in [0.25, 0.3) is 0 Å². The molecule has 0 aromatic heterocycles. The molecule has 0 radical (unpaired) electrons. The van der Waals surface area contributed by atoms with Crippen LogP contribution in [-0.2, 0) is 13.0 Å². The summed E-state index contributed by atoms with van der Waals surface area (Å²) in [5.41, 5.74) is 2.77. The molecule has 1 fully saturated rings. The summed E-state index contributed by atoms with van der Waals surface area (Å²) in [5.74, 6) is 0.810. The molecular weight excluding hydrogens is 262 g/mol. The van der Waals surface area contributed by atoms with Crippen LogP contribution in [0.25, 0.3) is 0 Å². The van der Waals surface area contributed by atoms with E-state index in [-0.39, 0.29) is 0 Å². The van der Waals surface area contributed by atoms with E-state index in [1.807, 2.05) is 6.07 Å². The van der Waals surface area contributed by atoms with Crippen LogP contribution in [0.15, 0.2) is 18.2 Å². The van der Waals surface area contributed by atoms with Gasteiger partial charge in [0, 0.05) is 19.1 Å². The lowest BCUT2D eigenvalue weighted by molar-refractivity contribution is 0.0686. The minimum Gasteiger partial charge on any atom is -0.478 e. The molecule has 1 aliphatic carbocycles. The average Bonchev–Trinajstić information content (AvgIpc) is 2.46. The zero-order chi connectivity index (χ0) is 15.0. The van der Waals surface area contributed by atoms with Gasteiger partial charge in [-0.1, -0.05) is 26.0 Å². The van der Waals surface area contributed by atoms with E-state index in [1.54, 1.807) is 6.07 Å². The van der Waals surface area contributed by atoms with Crippen molar-refractivity contribution in [1.82, 2.24) is 4.90 Å². The molecule has 0 amide bonds. The Morgan fingerprint density at radius 2 is 2.10 bits per heavy atom. The number of carboxylic acid groups (broad SMARTS) is 1. The van der Waals surface area contributed by atoms with Gasteiger partial charge in [-0.15, -0.1) is 0 Å². The molecule has 3 heteroatoms. The molecule has 3 rings (SSSR count). The lowest BCUT2D eigenvalue weighted by atomic mass is 9.78. The fourth-order valence-corrected chi connectivity index (χ4v) is 4.31. The number of aromatic carboxylic acids is 1. The average molecular weight is 287 g/mol. The van der Waals surface area contributed by atoms with Crippen molar-refractivity contribution in [2.45, 2.75) is 52.1 Å². The topological polar surface area (TPSA) is 40.5 Å². The first-order valence-corrected chi connectivity index (χ1v) is 8.14. The maximum atomic E-state index is 11.3. The van der Waals surface area contributed by atoms with Crippen molar-refractivity contribution in [2.75, 3.05) is 6.54 Å². The van der Waals surface area contributed by atoms with Crippen LogP contribution in [-0.4, -0.2) is 28.6 Å². The number of rotatable bonds is 2. The van der Waals surface area contributed by atoms with Gasteiger partial charge in [0.15, 0.2) is 0 Å². The Bertz CT molecular complexity index is 540. The zero-order valence-corrected chi connectivity index (χ0v) is 13.0. The maximum absolute atomic E-state index is 11.3. The number of nitrogens with zero attached hydrogens (tertiary/aromatic N) is 1. The smallest absolute Gasteiger partial charge is 0.335 e. The lowest BCUT2D eigenvalue weighted by Gasteiger charge is -2.42. The van der Waals surface area contributed by atoms with Crippen LogP contribution in [0.5, 0.6) is 0 Å². The largest absolute Gasteiger partial charge is 0.478 e. The van der Waals surface area contributed by atoms with E-state index in [1.165, 1.54) is 24.8 Å². The molecule has 0 saturated heterocycles. The van der Waals surface area contributed by atoms with Crippen molar-refractivity contribution >= 4 is 5.97 Å². The molecule has 1 saturated carbocycles. The molecule has 3 unspecified atom stereocenters. The molecule has 114 valence electrons. The van der Waals surface area contributed by atoms with Crippen LogP contribution < -0.4 is 0 Å². The second-order valence-electron chi connectivity index (χ2n) is 6.93. The summed E-state index contributed by atoms with van der Waals surface area (Å²) in [6, 6.07) is 6.40. The SMILES string of the molecule is CC1CCC(N2CCc3c(cccc3C(=O)O)C2)C(C)C1. The van der Waals surface area contributed by atoms with E-state index in [9.17, 15) is 9.90 Å². The van der Waals surface area contributed by atoms with Gasteiger partial charge in [0.1, 0.15) is 0 Å². The Morgan fingerprint density at radius 3 is 2.81 bits per heavy atom. The molecule has 1 aromatic carbocycles. The number of carbonyl (C=O) groups is 1. The third kappa shape index (κ3) is 2.84. The van der Waals surface area contributed by atoms with Crippen LogP contribution in [0.1, 0.15) is 54.6 Å². The Balaban J connectivity index is 1.79. The first kappa shape index (κ1) is 14.6. The van der Waals surface area contributed by atoms with E-state index < -0.39 is 5.97 Å². The van der Waals surface area contributed by atoms with Crippen LogP contribution in [0.2, 0.25) is 0 Å². The zero-order valence-electron chi connectivity index (χ0n) is 13.0. The Morgan fingerprint density at radius 1 is 1.29 bits per heavy atom. The molecule has 21 heavy (non-hydrogen) atoms. The van der Waals surface area contributed by atoms with E-state index in [2.05, 4.69) is 24.8 Å². The fraction of sp³-hybridized carbons (Fsp3) is 0.611. The van der Waals surface area contributed by atoms with Crippen molar-refractivity contribution in [3.8, 4) is 0 Å². The number of hydrogen-bond acceptors (Lipinski definition) is 2. The van der Waals surface area contributed by atoms with Crippen molar-refractivity contribution in [3.63, 3.8) is 0 Å². The summed E-state index contributed by atoms with van der Waals surface area (Å²) in [7, 11) is 0. The quantitative estimate of drug-likeness (QED) is 0.904. The molecule has 0 spiro atoms. The van der Waals surface area contributed by atoms with Gasteiger partial charge in [-0.2, -0.15) is 0 Å². The van der Waals surface area contributed by atoms with E-state index in [4.69, 9.17) is 0 Å². The van der Waals surface area contributed by atoms with Crippen molar-refractivity contribution < 1.29 is 9.90 Å². The van der Waals surface area contributed by atoms with Crippen molar-refractivity contribution in [1.29, 1.82) is 0 Å². The highest BCUT2D eigenvalue weighted by atomic mass is 16.4. The molecular formula is C18H25NO2. The lowest BCUT2D eigenvalue weighted by Crippen LogP contribution is -2.45. The van der Waals surface area contributed by atoms with Crippen molar-refractivity contribution in [3.05, 3.63) is 34.9 Å². The molecule has 1 aromatic rings. The number of carboxylic acids is 1. The van der Waals surface area contributed by atoms with Gasteiger partial charge < -0.3 is 5.11 Å². The van der Waals surface area contributed by atoms with E-state index in [0.29, 0.717) is 11.6 Å². The summed E-state index contributed by atoms with van der Waals surface area (Å²) >= 11 is 0. The molecule has 1 aliphatic heterocycles. The highest BCUT2D eigenvalue weighted by Crippen LogP contribution is 2.34. The number of fused-ring (bicyclic) bond motifs is 1. The van der Waals surface area contributed by atoms with Gasteiger partial charge in [0.05, 0.1) is 5.56 Å². The molecule has 3 atom stereocenters. The second kappa shape index (κ2) is 5.80. The molecule has 2 aliphatic rings. The summed E-state index contributed by atoms with van der Waals surface area (Å²) in [6.07, 6.45) is 4.81. The van der Waals surface area contributed by atoms with Gasteiger partial charge in [-0.3, -0.25) is 4.90 Å². The Kier molecular flexibility index (Phi) is 4.03. The molecule has 1 heterocycles. The van der Waals surface area contributed by atoms with Crippen LogP contribution in [0.4, 0.5) is 0 Å². The monoisotopic (exact) mass is 287 g/mol.